The molecule has 0 bridgehead atoms. The van der Waals surface area contributed by atoms with Crippen LogP contribution in [0.3, 0.4) is 0 Å². The standard InChI is InChI=1S/C31H31F2N5O3/c1-31(14-15-31)21-12-13-22(34-28(21)33)27(19-8-4-3-5-9-19)35-29(40)25-16-20(32)17-37(25)26(39)18-38-24-11-7-6-10-23(24)36(2)30(38)41/h3-13,20,25,27H,14-18H2,1-2H3,(H,35,40). The third kappa shape index (κ3) is 4.92. The van der Waals surface area contributed by atoms with Gasteiger partial charge in [-0.25, -0.2) is 14.2 Å². The minimum absolute atomic E-state index is 0.178. The van der Waals surface area contributed by atoms with Crippen LogP contribution in [0.15, 0.2) is 71.5 Å². The highest BCUT2D eigenvalue weighted by atomic mass is 19.1. The van der Waals surface area contributed by atoms with Gasteiger partial charge in [0.25, 0.3) is 0 Å². The van der Waals surface area contributed by atoms with E-state index in [1.807, 2.05) is 13.0 Å². The van der Waals surface area contributed by atoms with E-state index in [9.17, 15) is 18.8 Å². The van der Waals surface area contributed by atoms with Crippen LogP contribution in [0.4, 0.5) is 8.78 Å². The first-order valence-electron chi connectivity index (χ1n) is 13.8. The van der Waals surface area contributed by atoms with Crippen LogP contribution in [0, 0.1) is 5.95 Å². The summed E-state index contributed by atoms with van der Waals surface area (Å²) in [5.41, 5.74) is 2.18. The van der Waals surface area contributed by atoms with Crippen LogP contribution in [0.25, 0.3) is 11.0 Å². The zero-order valence-electron chi connectivity index (χ0n) is 22.9. The molecule has 8 nitrogen and oxygen atoms in total. The summed E-state index contributed by atoms with van der Waals surface area (Å²) in [6, 6.07) is 17.6. The number of pyridine rings is 1. The number of hydrogen-bond acceptors (Lipinski definition) is 4. The van der Waals surface area contributed by atoms with E-state index in [4.69, 9.17) is 0 Å². The fourth-order valence-electron chi connectivity index (χ4n) is 5.78. The summed E-state index contributed by atoms with van der Waals surface area (Å²) in [5.74, 6) is -1.68. The molecule has 0 spiro atoms. The van der Waals surface area contributed by atoms with Gasteiger partial charge in [-0.3, -0.25) is 18.7 Å². The Bertz CT molecular complexity index is 1700. The lowest BCUT2D eigenvalue weighted by molar-refractivity contribution is -0.139. The van der Waals surface area contributed by atoms with Gasteiger partial charge in [-0.15, -0.1) is 0 Å². The Balaban J connectivity index is 1.27. The molecule has 0 radical (unpaired) electrons. The summed E-state index contributed by atoms with van der Waals surface area (Å²) < 4.78 is 32.6. The third-order valence-electron chi connectivity index (χ3n) is 8.45. The molecular formula is C31H31F2N5O3. The third-order valence-corrected chi connectivity index (χ3v) is 8.45. The summed E-state index contributed by atoms with van der Waals surface area (Å²) in [6.07, 6.45) is 0.209. The number of fused-ring (bicyclic) bond motifs is 1. The van der Waals surface area contributed by atoms with Crippen LogP contribution in [0.1, 0.15) is 49.0 Å². The van der Waals surface area contributed by atoms with Crippen molar-refractivity contribution < 1.29 is 18.4 Å². The molecule has 1 N–H and O–H groups in total. The Hall–Kier alpha value is -4.34. The fraction of sp³-hybridized carbons (Fsp3) is 0.355. The first-order valence-corrected chi connectivity index (χ1v) is 13.8. The molecule has 3 heterocycles. The number of para-hydroxylation sites is 2. The number of nitrogens with zero attached hydrogens (tertiary/aromatic N) is 4. The molecule has 2 aromatic carbocycles. The second kappa shape index (κ2) is 10.2. The topological polar surface area (TPSA) is 89.2 Å². The van der Waals surface area contributed by atoms with Gasteiger partial charge in [-0.05, 0) is 42.0 Å². The lowest BCUT2D eigenvalue weighted by Gasteiger charge is -2.27. The molecule has 2 aromatic heterocycles. The van der Waals surface area contributed by atoms with Gasteiger partial charge in [0, 0.05) is 19.0 Å². The van der Waals surface area contributed by atoms with Crippen molar-refractivity contribution >= 4 is 22.8 Å². The minimum Gasteiger partial charge on any atom is -0.342 e. The van der Waals surface area contributed by atoms with Crippen molar-refractivity contribution in [1.82, 2.24) is 24.3 Å². The van der Waals surface area contributed by atoms with E-state index in [1.54, 1.807) is 67.7 Å². The van der Waals surface area contributed by atoms with E-state index < -0.39 is 36.0 Å². The molecule has 10 heteroatoms. The van der Waals surface area contributed by atoms with E-state index in [1.165, 1.54) is 14.0 Å². The molecule has 6 rings (SSSR count). The van der Waals surface area contributed by atoms with Gasteiger partial charge in [0.1, 0.15) is 18.8 Å². The maximum absolute atomic E-state index is 15.1. The van der Waals surface area contributed by atoms with Crippen molar-refractivity contribution in [1.29, 1.82) is 0 Å². The zero-order valence-corrected chi connectivity index (χ0v) is 22.9. The van der Waals surface area contributed by atoms with Crippen LogP contribution in [0.5, 0.6) is 0 Å². The smallest absolute Gasteiger partial charge is 0.329 e. The molecule has 212 valence electrons. The maximum atomic E-state index is 15.1. The van der Waals surface area contributed by atoms with E-state index >= 15 is 4.39 Å². The minimum atomic E-state index is -1.40. The van der Waals surface area contributed by atoms with Crippen molar-refractivity contribution in [2.24, 2.45) is 7.05 Å². The molecule has 1 aliphatic heterocycles. The molecule has 3 unspecified atom stereocenters. The van der Waals surface area contributed by atoms with E-state index in [2.05, 4.69) is 10.3 Å². The number of alkyl halides is 1. The summed E-state index contributed by atoms with van der Waals surface area (Å²) in [7, 11) is 1.62. The van der Waals surface area contributed by atoms with Gasteiger partial charge in [0.2, 0.25) is 17.8 Å². The molecular weight excluding hydrogens is 528 g/mol. The number of nitrogens with one attached hydrogen (secondary N) is 1. The van der Waals surface area contributed by atoms with Crippen LogP contribution < -0.4 is 11.0 Å². The average Bonchev–Trinajstić information content (AvgIpc) is 3.52. The van der Waals surface area contributed by atoms with Crippen LogP contribution in [-0.2, 0) is 28.6 Å². The van der Waals surface area contributed by atoms with Crippen LogP contribution in [0.2, 0.25) is 0 Å². The average molecular weight is 560 g/mol. The molecule has 4 aromatic rings. The van der Waals surface area contributed by atoms with E-state index in [0.29, 0.717) is 27.9 Å². The largest absolute Gasteiger partial charge is 0.342 e. The van der Waals surface area contributed by atoms with Crippen LogP contribution in [-0.4, -0.2) is 49.6 Å². The van der Waals surface area contributed by atoms with Crippen LogP contribution >= 0.6 is 0 Å². The van der Waals surface area contributed by atoms with Gasteiger partial charge in [0.15, 0.2) is 0 Å². The lowest BCUT2D eigenvalue weighted by Crippen LogP contribution is -2.48. The molecule has 1 aliphatic carbocycles. The van der Waals surface area contributed by atoms with Crippen molar-refractivity contribution in [3.05, 3.63) is 100.0 Å². The van der Waals surface area contributed by atoms with Gasteiger partial charge in [0.05, 0.1) is 29.3 Å². The van der Waals surface area contributed by atoms with Crippen molar-refractivity contribution in [2.45, 2.75) is 56.4 Å². The second-order valence-electron chi connectivity index (χ2n) is 11.3. The Morgan fingerprint density at radius 3 is 2.41 bits per heavy atom. The Labute approximate surface area is 235 Å². The van der Waals surface area contributed by atoms with Crippen molar-refractivity contribution in [3.8, 4) is 0 Å². The number of rotatable bonds is 7. The predicted octanol–water partition coefficient (Wildman–Crippen LogP) is 3.77. The first kappa shape index (κ1) is 26.9. The quantitative estimate of drug-likeness (QED) is 0.349. The highest BCUT2D eigenvalue weighted by molar-refractivity contribution is 5.89. The number of carbonyl (C=O) groups is 2. The molecule has 41 heavy (non-hydrogen) atoms. The molecule has 2 amide bonds. The van der Waals surface area contributed by atoms with Gasteiger partial charge < -0.3 is 10.2 Å². The molecule has 1 saturated carbocycles. The Kier molecular flexibility index (Phi) is 6.71. The van der Waals surface area contributed by atoms with Gasteiger partial charge in [-0.2, -0.15) is 4.39 Å². The number of amides is 2. The SMILES string of the molecule is Cn1c(=O)n(CC(=O)N2CC(F)CC2C(=O)NC(c2ccccc2)c2ccc(C3(C)CC3)c(F)n2)c2ccccc21. The summed E-state index contributed by atoms with van der Waals surface area (Å²) in [5, 5.41) is 2.91. The number of carbonyl (C=O) groups excluding carboxylic acids is 2. The number of aromatic nitrogens is 3. The number of halogens is 2. The number of aryl methyl sites for hydroxylation is 1. The molecule has 3 atom stereocenters. The highest BCUT2D eigenvalue weighted by Crippen LogP contribution is 2.48. The molecule has 1 saturated heterocycles. The van der Waals surface area contributed by atoms with E-state index in [-0.39, 0.29) is 30.6 Å². The van der Waals surface area contributed by atoms with Crippen molar-refractivity contribution in [2.75, 3.05) is 6.54 Å². The normalized spacial score (nSPS) is 20.2. The zero-order chi connectivity index (χ0) is 28.9. The summed E-state index contributed by atoms with van der Waals surface area (Å²) in [6.45, 7) is 1.41. The second-order valence-corrected chi connectivity index (χ2v) is 11.3. The Morgan fingerprint density at radius 2 is 1.73 bits per heavy atom. The number of hydrogen-bond donors (Lipinski definition) is 1. The maximum Gasteiger partial charge on any atom is 0.329 e. The predicted molar refractivity (Wildman–Crippen MR) is 149 cm³/mol. The summed E-state index contributed by atoms with van der Waals surface area (Å²) in [4.78, 5) is 45.4. The molecule has 2 aliphatic rings. The first-order chi connectivity index (χ1) is 19.7. The number of imidazole rings is 1. The lowest BCUT2D eigenvalue weighted by atomic mass is 9.97. The Morgan fingerprint density at radius 1 is 1.05 bits per heavy atom. The van der Waals surface area contributed by atoms with Gasteiger partial charge in [-0.1, -0.05) is 55.5 Å². The van der Waals surface area contributed by atoms with E-state index in [0.717, 1.165) is 12.8 Å². The highest BCUT2D eigenvalue weighted by Gasteiger charge is 2.43. The monoisotopic (exact) mass is 559 g/mol. The molecule has 2 fully saturated rings. The van der Waals surface area contributed by atoms with Gasteiger partial charge >= 0.3 is 5.69 Å². The number of benzene rings is 2. The van der Waals surface area contributed by atoms with Crippen molar-refractivity contribution in [3.63, 3.8) is 0 Å². The fourth-order valence-corrected chi connectivity index (χ4v) is 5.78. The number of likely N-dealkylation sites (tertiary alicyclic amines) is 1. The summed E-state index contributed by atoms with van der Waals surface area (Å²) >= 11 is 0.